The number of halogens is 3. The summed E-state index contributed by atoms with van der Waals surface area (Å²) in [4.78, 5) is 26.0. The highest BCUT2D eigenvalue weighted by Gasteiger charge is 2.60. The first-order valence-corrected chi connectivity index (χ1v) is 9.86. The molecule has 160 valence electrons. The minimum Gasteiger partial charge on any atom is -0.465 e. The van der Waals surface area contributed by atoms with Crippen LogP contribution in [0, 0.1) is 11.2 Å². The lowest BCUT2D eigenvalue weighted by Crippen LogP contribution is -2.62. The van der Waals surface area contributed by atoms with E-state index >= 15 is 4.39 Å². The van der Waals surface area contributed by atoms with E-state index in [1.807, 2.05) is 0 Å². The van der Waals surface area contributed by atoms with Crippen LogP contribution >= 0.6 is 11.6 Å². The third kappa shape index (κ3) is 3.62. The average molecular weight is 437 g/mol. The quantitative estimate of drug-likeness (QED) is 0.658. The fourth-order valence-electron chi connectivity index (χ4n) is 4.10. The van der Waals surface area contributed by atoms with Gasteiger partial charge < -0.3 is 10.4 Å². The van der Waals surface area contributed by atoms with Gasteiger partial charge in [0.25, 0.3) is 5.91 Å². The fourth-order valence-corrected chi connectivity index (χ4v) is 4.34. The Bertz CT molecular complexity index is 993. The van der Waals surface area contributed by atoms with Gasteiger partial charge in [0, 0.05) is 22.6 Å². The summed E-state index contributed by atoms with van der Waals surface area (Å²) in [7, 11) is 0. The first-order valence-electron chi connectivity index (χ1n) is 9.48. The van der Waals surface area contributed by atoms with Gasteiger partial charge in [-0.2, -0.15) is 0 Å². The molecule has 1 aliphatic rings. The van der Waals surface area contributed by atoms with Crippen molar-refractivity contribution >= 4 is 29.3 Å². The smallest absolute Gasteiger partial charge is 0.408 e. The van der Waals surface area contributed by atoms with Gasteiger partial charge in [0.1, 0.15) is 11.7 Å². The molecule has 2 amide bonds. The van der Waals surface area contributed by atoms with E-state index in [0.29, 0.717) is 10.6 Å². The number of likely N-dealkylation sites (tertiary alicyclic amines) is 1. The molecule has 0 saturated carbocycles. The van der Waals surface area contributed by atoms with E-state index in [-0.39, 0.29) is 17.7 Å². The number of alkyl halides is 1. The molecule has 1 aliphatic heterocycles. The largest absolute Gasteiger partial charge is 0.465 e. The molecular formula is C22H23ClF2N2O3. The average Bonchev–Trinajstić information content (AvgIpc) is 3.03. The summed E-state index contributed by atoms with van der Waals surface area (Å²) in [5.74, 6) is -1.48. The Morgan fingerprint density at radius 2 is 1.80 bits per heavy atom. The molecule has 8 heteroatoms. The van der Waals surface area contributed by atoms with Gasteiger partial charge in [-0.15, -0.1) is 0 Å². The highest BCUT2D eigenvalue weighted by Crippen LogP contribution is 2.46. The lowest BCUT2D eigenvalue weighted by Gasteiger charge is -2.45. The topological polar surface area (TPSA) is 69.6 Å². The number of nitrogens with one attached hydrogen (secondary N) is 1. The Labute approximate surface area is 178 Å². The molecule has 2 atom stereocenters. The second-order valence-corrected chi connectivity index (χ2v) is 8.81. The number of nitrogens with zero attached hydrogens (tertiary/aromatic N) is 1. The van der Waals surface area contributed by atoms with Crippen molar-refractivity contribution in [2.75, 3.05) is 11.9 Å². The third-order valence-corrected chi connectivity index (χ3v) is 5.95. The van der Waals surface area contributed by atoms with Crippen LogP contribution in [0.15, 0.2) is 42.5 Å². The van der Waals surface area contributed by atoms with Crippen LogP contribution in [0.5, 0.6) is 0 Å². The number of hydrogen-bond acceptors (Lipinski definition) is 2. The zero-order valence-corrected chi connectivity index (χ0v) is 17.6. The molecule has 2 aromatic rings. The van der Waals surface area contributed by atoms with Crippen molar-refractivity contribution in [1.29, 1.82) is 0 Å². The maximum Gasteiger partial charge on any atom is 0.408 e. The fraction of sp³-hybridized carbons (Fsp3) is 0.364. The normalized spacial score (nSPS) is 21.5. The van der Waals surface area contributed by atoms with E-state index in [9.17, 15) is 19.1 Å². The number of rotatable bonds is 3. The molecule has 2 aromatic carbocycles. The number of benzene rings is 2. The number of carbonyl (C=O) groups excluding carboxylic acids is 1. The van der Waals surface area contributed by atoms with Crippen LogP contribution in [0.4, 0.5) is 19.3 Å². The van der Waals surface area contributed by atoms with E-state index in [1.165, 1.54) is 12.1 Å². The molecule has 30 heavy (non-hydrogen) atoms. The summed E-state index contributed by atoms with van der Waals surface area (Å²) >= 11 is 6.18. The van der Waals surface area contributed by atoms with Gasteiger partial charge in [-0.1, -0.05) is 62.7 Å². The van der Waals surface area contributed by atoms with Crippen LogP contribution in [0.2, 0.25) is 5.02 Å². The number of carboxylic acid groups (broad SMARTS) is 1. The Morgan fingerprint density at radius 1 is 1.17 bits per heavy atom. The van der Waals surface area contributed by atoms with Gasteiger partial charge >= 0.3 is 6.09 Å². The number of amides is 2. The van der Waals surface area contributed by atoms with Crippen LogP contribution in [-0.4, -0.2) is 40.3 Å². The number of hydrogen-bond donors (Lipinski definition) is 2. The van der Waals surface area contributed by atoms with Gasteiger partial charge in [0.15, 0.2) is 5.82 Å². The minimum absolute atomic E-state index is 0.131. The number of anilines is 1. The summed E-state index contributed by atoms with van der Waals surface area (Å²) in [6.45, 7) is 4.58. The predicted octanol–water partition coefficient (Wildman–Crippen LogP) is 5.59. The molecule has 0 bridgehead atoms. The van der Waals surface area contributed by atoms with E-state index in [0.717, 1.165) is 4.90 Å². The van der Waals surface area contributed by atoms with E-state index < -0.39 is 41.5 Å². The highest BCUT2D eigenvalue weighted by atomic mass is 35.5. The van der Waals surface area contributed by atoms with Crippen molar-refractivity contribution in [2.24, 2.45) is 5.41 Å². The monoisotopic (exact) mass is 436 g/mol. The van der Waals surface area contributed by atoms with E-state index in [2.05, 4.69) is 5.32 Å². The van der Waals surface area contributed by atoms with Crippen molar-refractivity contribution in [2.45, 2.75) is 38.9 Å². The molecule has 1 heterocycles. The van der Waals surface area contributed by atoms with Gasteiger partial charge in [0.05, 0.1) is 12.2 Å². The Morgan fingerprint density at radius 3 is 2.40 bits per heavy atom. The van der Waals surface area contributed by atoms with Crippen molar-refractivity contribution < 1.29 is 23.5 Å². The first kappa shape index (κ1) is 22.0. The number of carbonyl (C=O) groups is 2. The molecule has 0 aromatic heterocycles. The maximum atomic E-state index is 15.3. The lowest BCUT2D eigenvalue weighted by molar-refractivity contribution is -0.132. The SMILES string of the molecule is CC(C)(C)[C@]1(C(=O)Nc2cccc(-c3ccccc3Cl)c2F)C[C@@H](F)CN1C(=O)O. The standard InChI is InChI=1S/C22H23ClF2N2O3/c1-21(2,3)22(11-13(24)12-27(22)20(29)30)19(28)26-17-10-6-8-15(18(17)25)14-7-4-5-9-16(14)23/h4-10,13H,11-12H2,1-3H3,(H,26,28)(H,29,30)/t13-,22-/m1/s1. The predicted molar refractivity (Wildman–Crippen MR) is 112 cm³/mol. The molecular weight excluding hydrogens is 414 g/mol. The summed E-state index contributed by atoms with van der Waals surface area (Å²) in [5, 5.41) is 12.5. The van der Waals surface area contributed by atoms with Crippen LogP contribution in [0.25, 0.3) is 11.1 Å². The van der Waals surface area contributed by atoms with Crippen LogP contribution in [0.3, 0.4) is 0 Å². The molecule has 0 radical (unpaired) electrons. The van der Waals surface area contributed by atoms with E-state index in [1.54, 1.807) is 51.1 Å². The summed E-state index contributed by atoms with van der Waals surface area (Å²) in [5.41, 5.74) is -2.12. The second-order valence-electron chi connectivity index (χ2n) is 8.41. The first-order chi connectivity index (χ1) is 14.0. The summed E-state index contributed by atoms with van der Waals surface area (Å²) in [6, 6.07) is 11.2. The second kappa shape index (κ2) is 7.87. The lowest BCUT2D eigenvalue weighted by atomic mass is 9.71. The molecule has 5 nitrogen and oxygen atoms in total. The molecule has 0 aliphatic carbocycles. The van der Waals surface area contributed by atoms with Gasteiger partial charge in [-0.05, 0) is 17.5 Å². The molecule has 0 unspecified atom stereocenters. The zero-order chi connectivity index (χ0) is 22.3. The van der Waals surface area contributed by atoms with Crippen molar-refractivity contribution in [3.05, 3.63) is 53.3 Å². The van der Waals surface area contributed by atoms with Crippen molar-refractivity contribution in [3.8, 4) is 11.1 Å². The molecule has 0 spiro atoms. The summed E-state index contributed by atoms with van der Waals surface area (Å²) in [6.07, 6.45) is -3.20. The molecule has 1 saturated heterocycles. The van der Waals surface area contributed by atoms with Gasteiger partial charge in [-0.3, -0.25) is 9.69 Å². The van der Waals surface area contributed by atoms with Crippen LogP contribution in [0.1, 0.15) is 27.2 Å². The Hall–Kier alpha value is -2.67. The molecule has 2 N–H and O–H groups in total. The zero-order valence-electron chi connectivity index (χ0n) is 16.9. The molecule has 3 rings (SSSR count). The maximum absolute atomic E-state index is 15.3. The highest BCUT2D eigenvalue weighted by molar-refractivity contribution is 6.33. The van der Waals surface area contributed by atoms with Gasteiger partial charge in [-0.25, -0.2) is 13.6 Å². The van der Waals surface area contributed by atoms with Crippen molar-refractivity contribution in [1.82, 2.24) is 4.90 Å². The Balaban J connectivity index is 2.03. The minimum atomic E-state index is -1.69. The van der Waals surface area contributed by atoms with Crippen LogP contribution < -0.4 is 5.32 Å². The Kier molecular flexibility index (Phi) is 5.78. The third-order valence-electron chi connectivity index (χ3n) is 5.62. The molecule has 1 fully saturated rings. The van der Waals surface area contributed by atoms with Crippen LogP contribution in [-0.2, 0) is 4.79 Å². The van der Waals surface area contributed by atoms with E-state index in [4.69, 9.17) is 11.6 Å². The van der Waals surface area contributed by atoms with Crippen molar-refractivity contribution in [3.63, 3.8) is 0 Å². The van der Waals surface area contributed by atoms with Gasteiger partial charge in [0.2, 0.25) is 0 Å². The summed E-state index contributed by atoms with van der Waals surface area (Å²) < 4.78 is 29.6.